The fraction of sp³-hybridized carbons (Fsp3) is 0.650. The Balaban J connectivity index is 1.34. The second kappa shape index (κ2) is 6.77. The number of carbonyl (C=O) groups excluding carboxylic acids is 1. The van der Waals surface area contributed by atoms with Crippen molar-refractivity contribution in [1.82, 2.24) is 15.3 Å². The van der Waals surface area contributed by atoms with Gasteiger partial charge in [-0.15, -0.1) is 0 Å². The van der Waals surface area contributed by atoms with Crippen molar-refractivity contribution in [3.05, 3.63) is 29.6 Å². The van der Waals surface area contributed by atoms with E-state index in [9.17, 15) is 4.79 Å². The predicted molar refractivity (Wildman–Crippen MR) is 98.3 cm³/mol. The summed E-state index contributed by atoms with van der Waals surface area (Å²) in [5.41, 5.74) is 1.97. The van der Waals surface area contributed by atoms with Crippen LogP contribution in [0.15, 0.2) is 18.2 Å². The zero-order valence-corrected chi connectivity index (χ0v) is 15.2. The monoisotopic (exact) mass is 340 g/mol. The SMILES string of the molecule is Cc1cc(C)nc(N2CCCC(C(=O)NCC3CC4C=CC3C4)C2)n1. The highest BCUT2D eigenvalue weighted by molar-refractivity contribution is 5.79. The number of carbonyl (C=O) groups is 1. The number of nitrogens with zero attached hydrogens (tertiary/aromatic N) is 3. The van der Waals surface area contributed by atoms with Crippen LogP contribution >= 0.6 is 0 Å². The van der Waals surface area contributed by atoms with Crippen LogP contribution in [0.5, 0.6) is 0 Å². The molecule has 2 heterocycles. The average Bonchev–Trinajstić information content (AvgIpc) is 3.22. The molecule has 1 saturated heterocycles. The maximum Gasteiger partial charge on any atom is 0.225 e. The second-order valence-corrected chi connectivity index (χ2v) is 8.02. The van der Waals surface area contributed by atoms with Gasteiger partial charge in [0.15, 0.2) is 0 Å². The van der Waals surface area contributed by atoms with Crippen LogP contribution in [0.25, 0.3) is 0 Å². The first-order chi connectivity index (χ1) is 12.1. The summed E-state index contributed by atoms with van der Waals surface area (Å²) in [7, 11) is 0. The van der Waals surface area contributed by atoms with Crippen molar-refractivity contribution in [2.24, 2.45) is 23.7 Å². The third-order valence-corrected chi connectivity index (χ3v) is 6.00. The molecular weight excluding hydrogens is 312 g/mol. The van der Waals surface area contributed by atoms with Crippen LogP contribution in [0.2, 0.25) is 0 Å². The first-order valence-electron chi connectivity index (χ1n) is 9.62. The molecule has 5 heteroatoms. The minimum absolute atomic E-state index is 0.0484. The number of hydrogen-bond donors (Lipinski definition) is 1. The average molecular weight is 340 g/mol. The van der Waals surface area contributed by atoms with E-state index >= 15 is 0 Å². The summed E-state index contributed by atoms with van der Waals surface area (Å²) in [4.78, 5) is 24.0. The van der Waals surface area contributed by atoms with Crippen molar-refractivity contribution in [3.63, 3.8) is 0 Å². The third kappa shape index (κ3) is 3.55. The van der Waals surface area contributed by atoms with Crippen molar-refractivity contribution < 1.29 is 4.79 Å². The number of allylic oxidation sites excluding steroid dienone is 2. The molecule has 4 atom stereocenters. The molecule has 4 unspecified atom stereocenters. The molecule has 134 valence electrons. The van der Waals surface area contributed by atoms with Gasteiger partial charge in [0.2, 0.25) is 11.9 Å². The van der Waals surface area contributed by atoms with Crippen molar-refractivity contribution in [2.45, 2.75) is 39.5 Å². The van der Waals surface area contributed by atoms with Crippen molar-refractivity contribution >= 4 is 11.9 Å². The van der Waals surface area contributed by atoms with Crippen LogP contribution in [-0.2, 0) is 4.79 Å². The van der Waals surface area contributed by atoms with Crippen molar-refractivity contribution in [3.8, 4) is 0 Å². The Morgan fingerprint density at radius 1 is 1.24 bits per heavy atom. The molecule has 1 saturated carbocycles. The van der Waals surface area contributed by atoms with Gasteiger partial charge in [-0.1, -0.05) is 12.2 Å². The molecule has 2 aliphatic carbocycles. The van der Waals surface area contributed by atoms with E-state index in [0.717, 1.165) is 55.7 Å². The molecule has 4 rings (SSSR count). The highest BCUT2D eigenvalue weighted by atomic mass is 16.1. The van der Waals surface area contributed by atoms with Crippen LogP contribution in [0.4, 0.5) is 5.95 Å². The summed E-state index contributed by atoms with van der Waals surface area (Å²) in [6.45, 7) is 6.49. The lowest BCUT2D eigenvalue weighted by molar-refractivity contribution is -0.125. The van der Waals surface area contributed by atoms with Crippen LogP contribution in [0.1, 0.15) is 37.1 Å². The molecule has 1 aromatic heterocycles. The number of anilines is 1. The van der Waals surface area contributed by atoms with E-state index in [-0.39, 0.29) is 11.8 Å². The Morgan fingerprint density at radius 3 is 2.72 bits per heavy atom. The molecule has 1 amide bonds. The summed E-state index contributed by atoms with van der Waals surface area (Å²) in [5, 5.41) is 3.23. The van der Waals surface area contributed by atoms with E-state index in [4.69, 9.17) is 0 Å². The van der Waals surface area contributed by atoms with Crippen molar-refractivity contribution in [1.29, 1.82) is 0 Å². The third-order valence-electron chi connectivity index (χ3n) is 6.00. The maximum atomic E-state index is 12.7. The molecule has 0 radical (unpaired) electrons. The maximum absolute atomic E-state index is 12.7. The lowest BCUT2D eigenvalue weighted by Gasteiger charge is -2.32. The largest absolute Gasteiger partial charge is 0.356 e. The molecule has 25 heavy (non-hydrogen) atoms. The molecule has 2 bridgehead atoms. The Hall–Kier alpha value is -1.91. The van der Waals surface area contributed by atoms with Gasteiger partial charge in [0.1, 0.15) is 0 Å². The van der Waals surface area contributed by atoms with E-state index in [0.29, 0.717) is 11.8 Å². The fourth-order valence-corrected chi connectivity index (χ4v) is 4.73. The summed E-state index contributed by atoms with van der Waals surface area (Å²) in [5.74, 6) is 3.12. The lowest BCUT2D eigenvalue weighted by atomic mass is 9.92. The predicted octanol–water partition coefficient (Wildman–Crippen LogP) is 2.64. The highest BCUT2D eigenvalue weighted by Crippen LogP contribution is 2.43. The topological polar surface area (TPSA) is 58.1 Å². The van der Waals surface area contributed by atoms with Gasteiger partial charge in [-0.2, -0.15) is 0 Å². The first kappa shape index (κ1) is 16.6. The van der Waals surface area contributed by atoms with E-state index in [2.05, 4.69) is 32.3 Å². The number of hydrogen-bond acceptors (Lipinski definition) is 4. The number of piperidine rings is 1. The fourth-order valence-electron chi connectivity index (χ4n) is 4.73. The number of aryl methyl sites for hydroxylation is 2. The first-order valence-corrected chi connectivity index (χ1v) is 9.62. The lowest BCUT2D eigenvalue weighted by Crippen LogP contribution is -2.45. The summed E-state index contributed by atoms with van der Waals surface area (Å²) in [6, 6.07) is 1.99. The van der Waals surface area contributed by atoms with Gasteiger partial charge in [-0.05, 0) is 63.4 Å². The molecule has 0 aromatic carbocycles. The molecule has 1 aliphatic heterocycles. The van der Waals surface area contributed by atoms with Gasteiger partial charge in [0.25, 0.3) is 0 Å². The van der Waals surface area contributed by atoms with Gasteiger partial charge in [-0.3, -0.25) is 4.79 Å². The number of nitrogens with one attached hydrogen (secondary N) is 1. The normalized spacial score (nSPS) is 30.7. The van der Waals surface area contributed by atoms with Gasteiger partial charge >= 0.3 is 0 Å². The van der Waals surface area contributed by atoms with Crippen LogP contribution < -0.4 is 10.2 Å². The molecule has 5 nitrogen and oxygen atoms in total. The van der Waals surface area contributed by atoms with Crippen LogP contribution in [0, 0.1) is 37.5 Å². The summed E-state index contributed by atoms with van der Waals surface area (Å²) in [6.07, 6.45) is 9.22. The van der Waals surface area contributed by atoms with Crippen LogP contribution in [-0.4, -0.2) is 35.5 Å². The Kier molecular flexibility index (Phi) is 4.48. The Labute approximate surface area is 149 Å². The molecular formula is C20H28N4O. The summed E-state index contributed by atoms with van der Waals surface area (Å²) < 4.78 is 0. The van der Waals surface area contributed by atoms with Gasteiger partial charge in [0, 0.05) is 31.0 Å². The number of fused-ring (bicyclic) bond motifs is 2. The van der Waals surface area contributed by atoms with Gasteiger partial charge < -0.3 is 10.2 Å². The van der Waals surface area contributed by atoms with E-state index in [1.165, 1.54) is 12.8 Å². The molecule has 2 fully saturated rings. The molecule has 1 aromatic rings. The molecule has 0 spiro atoms. The standard InChI is InChI=1S/C20H28N4O/c1-13-8-14(2)23-20(22-13)24-7-3-4-17(12-24)19(25)21-11-18-10-15-5-6-16(18)9-15/h5-6,8,15-18H,3-4,7,9-12H2,1-2H3,(H,21,25). The van der Waals surface area contributed by atoms with Crippen molar-refractivity contribution in [2.75, 3.05) is 24.5 Å². The smallest absolute Gasteiger partial charge is 0.225 e. The van der Waals surface area contributed by atoms with E-state index in [1.54, 1.807) is 0 Å². The number of amides is 1. The second-order valence-electron chi connectivity index (χ2n) is 8.02. The molecule has 3 aliphatic rings. The van der Waals surface area contributed by atoms with Gasteiger partial charge in [0.05, 0.1) is 5.92 Å². The highest BCUT2D eigenvalue weighted by Gasteiger charge is 2.36. The summed E-state index contributed by atoms with van der Waals surface area (Å²) >= 11 is 0. The quantitative estimate of drug-likeness (QED) is 0.856. The minimum Gasteiger partial charge on any atom is -0.356 e. The van der Waals surface area contributed by atoms with Crippen LogP contribution in [0.3, 0.4) is 0 Å². The zero-order chi connectivity index (χ0) is 17.4. The molecule has 1 N–H and O–H groups in total. The minimum atomic E-state index is 0.0484. The van der Waals surface area contributed by atoms with E-state index in [1.807, 2.05) is 19.9 Å². The van der Waals surface area contributed by atoms with E-state index < -0.39 is 0 Å². The number of aromatic nitrogens is 2. The number of rotatable bonds is 4. The Morgan fingerprint density at radius 2 is 2.04 bits per heavy atom. The zero-order valence-electron chi connectivity index (χ0n) is 15.2. The van der Waals surface area contributed by atoms with Gasteiger partial charge in [-0.25, -0.2) is 9.97 Å². The Bertz CT molecular complexity index is 666.